The Morgan fingerprint density at radius 3 is 2.26 bits per heavy atom. The van der Waals surface area contributed by atoms with E-state index in [-0.39, 0.29) is 5.97 Å². The molecule has 0 fully saturated rings. The summed E-state index contributed by atoms with van der Waals surface area (Å²) in [6.07, 6.45) is 3.15. The zero-order valence-corrected chi connectivity index (χ0v) is 13.9. The molecular formula is C20H24O3. The van der Waals surface area contributed by atoms with Gasteiger partial charge in [-0.1, -0.05) is 43.2 Å². The van der Waals surface area contributed by atoms with Gasteiger partial charge in [0.1, 0.15) is 11.5 Å². The fourth-order valence-corrected chi connectivity index (χ4v) is 2.24. The Balaban J connectivity index is 1.67. The molecule has 23 heavy (non-hydrogen) atoms. The van der Waals surface area contributed by atoms with Crippen LogP contribution in [-0.4, -0.2) is 12.6 Å². The molecule has 0 aromatic heterocycles. The van der Waals surface area contributed by atoms with E-state index in [1.807, 2.05) is 55.5 Å². The molecule has 0 aliphatic carbocycles. The number of benzene rings is 2. The Labute approximate surface area is 138 Å². The molecule has 0 heterocycles. The number of carbonyl (C=O) groups excluding carboxylic acids is 1. The van der Waals surface area contributed by atoms with Gasteiger partial charge >= 0.3 is 5.97 Å². The van der Waals surface area contributed by atoms with Crippen molar-refractivity contribution in [2.45, 2.75) is 39.5 Å². The molecule has 122 valence electrons. The van der Waals surface area contributed by atoms with Crippen molar-refractivity contribution in [3.63, 3.8) is 0 Å². The maximum atomic E-state index is 11.8. The van der Waals surface area contributed by atoms with Gasteiger partial charge in [-0.05, 0) is 49.6 Å². The van der Waals surface area contributed by atoms with Gasteiger partial charge in [0, 0.05) is 6.42 Å². The summed E-state index contributed by atoms with van der Waals surface area (Å²) in [6.45, 7) is 4.69. The number of esters is 1. The largest absolute Gasteiger partial charge is 0.494 e. The van der Waals surface area contributed by atoms with E-state index >= 15 is 0 Å². The Morgan fingerprint density at radius 2 is 1.61 bits per heavy atom. The van der Waals surface area contributed by atoms with Crippen LogP contribution in [0.25, 0.3) is 0 Å². The normalized spacial score (nSPS) is 10.3. The lowest BCUT2D eigenvalue weighted by molar-refractivity contribution is -0.134. The highest BCUT2D eigenvalue weighted by molar-refractivity contribution is 5.72. The predicted octanol–water partition coefficient (Wildman–Crippen LogP) is 4.71. The Bertz CT molecular complexity index is 600. The molecule has 2 aromatic rings. The average Bonchev–Trinajstić information content (AvgIpc) is 2.55. The van der Waals surface area contributed by atoms with Crippen LogP contribution in [0.4, 0.5) is 0 Å². The van der Waals surface area contributed by atoms with Crippen LogP contribution in [-0.2, 0) is 11.2 Å². The van der Waals surface area contributed by atoms with Crippen LogP contribution in [0.2, 0.25) is 0 Å². The Kier molecular flexibility index (Phi) is 6.67. The number of ether oxygens (including phenoxy) is 2. The summed E-state index contributed by atoms with van der Waals surface area (Å²) < 4.78 is 10.9. The van der Waals surface area contributed by atoms with E-state index in [1.165, 1.54) is 11.1 Å². The highest BCUT2D eigenvalue weighted by Gasteiger charge is 2.05. The van der Waals surface area contributed by atoms with Crippen molar-refractivity contribution in [1.82, 2.24) is 0 Å². The van der Waals surface area contributed by atoms with E-state index in [0.29, 0.717) is 25.2 Å². The zero-order valence-electron chi connectivity index (χ0n) is 13.9. The third-order valence-electron chi connectivity index (χ3n) is 3.51. The first-order valence-corrected chi connectivity index (χ1v) is 8.16. The summed E-state index contributed by atoms with van der Waals surface area (Å²) in [4.78, 5) is 11.8. The van der Waals surface area contributed by atoms with E-state index in [2.05, 4.69) is 6.92 Å². The summed E-state index contributed by atoms with van der Waals surface area (Å²) >= 11 is 0. The second kappa shape index (κ2) is 8.99. The molecule has 0 saturated heterocycles. The summed E-state index contributed by atoms with van der Waals surface area (Å²) in [6, 6.07) is 15.6. The first-order valence-electron chi connectivity index (χ1n) is 8.16. The van der Waals surface area contributed by atoms with Gasteiger partial charge in [0.2, 0.25) is 0 Å². The third kappa shape index (κ3) is 6.15. The van der Waals surface area contributed by atoms with Gasteiger partial charge in [-0.2, -0.15) is 0 Å². The van der Waals surface area contributed by atoms with Crippen molar-refractivity contribution < 1.29 is 14.3 Å². The molecule has 0 saturated carbocycles. The number of rotatable bonds is 8. The quantitative estimate of drug-likeness (QED) is 0.402. The molecule has 2 aromatic carbocycles. The molecule has 2 rings (SSSR count). The second-order valence-corrected chi connectivity index (χ2v) is 5.63. The average molecular weight is 312 g/mol. The van der Waals surface area contributed by atoms with Gasteiger partial charge in [0.15, 0.2) is 0 Å². The minimum absolute atomic E-state index is 0.222. The maximum Gasteiger partial charge on any atom is 0.311 e. The molecule has 0 aliphatic heterocycles. The van der Waals surface area contributed by atoms with Crippen LogP contribution in [0.1, 0.15) is 37.3 Å². The van der Waals surface area contributed by atoms with Crippen molar-refractivity contribution in [2.75, 3.05) is 6.61 Å². The van der Waals surface area contributed by atoms with E-state index in [0.717, 1.165) is 18.6 Å². The van der Waals surface area contributed by atoms with E-state index in [4.69, 9.17) is 9.47 Å². The smallest absolute Gasteiger partial charge is 0.311 e. The first-order chi connectivity index (χ1) is 11.2. The SMILES string of the molecule is CCCc1ccc(OC(=O)CCCOc2ccc(C)cc2)cc1. The summed E-state index contributed by atoms with van der Waals surface area (Å²) in [7, 11) is 0. The van der Waals surface area contributed by atoms with E-state index < -0.39 is 0 Å². The number of aryl methyl sites for hydroxylation is 2. The van der Waals surface area contributed by atoms with Crippen LogP contribution >= 0.6 is 0 Å². The van der Waals surface area contributed by atoms with Gasteiger partial charge in [0.25, 0.3) is 0 Å². The van der Waals surface area contributed by atoms with Crippen LogP contribution in [0.15, 0.2) is 48.5 Å². The highest BCUT2D eigenvalue weighted by Crippen LogP contribution is 2.15. The lowest BCUT2D eigenvalue weighted by Gasteiger charge is -2.07. The molecule has 0 radical (unpaired) electrons. The summed E-state index contributed by atoms with van der Waals surface area (Å²) in [5.41, 5.74) is 2.46. The van der Waals surface area contributed by atoms with Crippen molar-refractivity contribution in [3.8, 4) is 11.5 Å². The lowest BCUT2D eigenvalue weighted by Crippen LogP contribution is -2.10. The number of carbonyl (C=O) groups is 1. The van der Waals surface area contributed by atoms with Gasteiger partial charge in [-0.3, -0.25) is 4.79 Å². The second-order valence-electron chi connectivity index (χ2n) is 5.63. The van der Waals surface area contributed by atoms with Gasteiger partial charge in [-0.25, -0.2) is 0 Å². The van der Waals surface area contributed by atoms with Crippen LogP contribution < -0.4 is 9.47 Å². The minimum Gasteiger partial charge on any atom is -0.494 e. The standard InChI is InChI=1S/C20H24O3/c1-3-5-17-9-13-19(14-10-17)23-20(21)6-4-15-22-18-11-7-16(2)8-12-18/h7-14H,3-6,15H2,1-2H3. The maximum absolute atomic E-state index is 11.8. The summed E-state index contributed by atoms with van der Waals surface area (Å²) in [5, 5.41) is 0. The third-order valence-corrected chi connectivity index (χ3v) is 3.51. The molecular weight excluding hydrogens is 288 g/mol. The van der Waals surface area contributed by atoms with Crippen molar-refractivity contribution in [3.05, 3.63) is 59.7 Å². The molecule has 3 nitrogen and oxygen atoms in total. The lowest BCUT2D eigenvalue weighted by atomic mass is 10.1. The molecule has 3 heteroatoms. The van der Waals surface area contributed by atoms with Crippen LogP contribution in [0.5, 0.6) is 11.5 Å². The van der Waals surface area contributed by atoms with Gasteiger partial charge in [-0.15, -0.1) is 0 Å². The summed E-state index contributed by atoms with van der Waals surface area (Å²) in [5.74, 6) is 1.21. The molecule has 0 bridgehead atoms. The minimum atomic E-state index is -0.222. The number of hydrogen-bond donors (Lipinski definition) is 0. The predicted molar refractivity (Wildman–Crippen MR) is 92.0 cm³/mol. The Hall–Kier alpha value is -2.29. The molecule has 0 amide bonds. The van der Waals surface area contributed by atoms with Gasteiger partial charge < -0.3 is 9.47 Å². The van der Waals surface area contributed by atoms with E-state index in [1.54, 1.807) is 0 Å². The van der Waals surface area contributed by atoms with Crippen molar-refractivity contribution >= 4 is 5.97 Å². The fraction of sp³-hybridized carbons (Fsp3) is 0.350. The molecule has 0 N–H and O–H groups in total. The van der Waals surface area contributed by atoms with Crippen molar-refractivity contribution in [1.29, 1.82) is 0 Å². The molecule has 0 aliphatic rings. The monoisotopic (exact) mass is 312 g/mol. The molecule has 0 atom stereocenters. The van der Waals surface area contributed by atoms with Crippen LogP contribution in [0, 0.1) is 6.92 Å². The van der Waals surface area contributed by atoms with Crippen LogP contribution in [0.3, 0.4) is 0 Å². The topological polar surface area (TPSA) is 35.5 Å². The first kappa shape index (κ1) is 17.1. The highest BCUT2D eigenvalue weighted by atomic mass is 16.5. The van der Waals surface area contributed by atoms with Crippen molar-refractivity contribution in [2.24, 2.45) is 0 Å². The van der Waals surface area contributed by atoms with Gasteiger partial charge in [0.05, 0.1) is 6.61 Å². The zero-order chi connectivity index (χ0) is 16.5. The Morgan fingerprint density at radius 1 is 0.957 bits per heavy atom. The van der Waals surface area contributed by atoms with E-state index in [9.17, 15) is 4.79 Å². The number of hydrogen-bond acceptors (Lipinski definition) is 3. The molecule has 0 unspecified atom stereocenters. The fourth-order valence-electron chi connectivity index (χ4n) is 2.24. The molecule has 0 spiro atoms.